The molecule has 0 N–H and O–H groups in total. The van der Waals surface area contributed by atoms with Gasteiger partial charge in [-0.1, -0.05) is 42.1 Å². The van der Waals surface area contributed by atoms with Crippen molar-refractivity contribution in [2.24, 2.45) is 0 Å². The largest absolute Gasteiger partial charge is 0.322 e. The molecule has 1 aromatic heterocycles. The Morgan fingerprint density at radius 3 is 2.59 bits per heavy atom. The molecule has 1 amide bonds. The zero-order chi connectivity index (χ0) is 23.5. The average molecular weight is 497 g/mol. The first-order valence-corrected chi connectivity index (χ1v) is 14.1. The Bertz CT molecular complexity index is 1270. The molecule has 178 valence electrons. The first-order valence-electron chi connectivity index (χ1n) is 11.6. The van der Waals surface area contributed by atoms with Crippen LogP contribution < -0.4 is 4.90 Å². The third kappa shape index (κ3) is 4.78. The predicted molar refractivity (Wildman–Crippen MR) is 134 cm³/mol. The van der Waals surface area contributed by atoms with Crippen molar-refractivity contribution in [3.05, 3.63) is 72.1 Å². The van der Waals surface area contributed by atoms with Crippen LogP contribution in [-0.4, -0.2) is 53.6 Å². The van der Waals surface area contributed by atoms with Crippen LogP contribution in [0.5, 0.6) is 0 Å². The highest BCUT2D eigenvalue weighted by Gasteiger charge is 2.29. The number of imidazole rings is 1. The summed E-state index contributed by atoms with van der Waals surface area (Å²) in [6, 6.07) is 15.4. The van der Waals surface area contributed by atoms with Crippen LogP contribution in [0.1, 0.15) is 30.4 Å². The summed E-state index contributed by atoms with van der Waals surface area (Å²) in [6.07, 6.45) is 7.10. The molecule has 7 nitrogen and oxygen atoms in total. The summed E-state index contributed by atoms with van der Waals surface area (Å²) in [6.45, 7) is 2.52. The molecule has 0 spiro atoms. The summed E-state index contributed by atoms with van der Waals surface area (Å²) in [4.78, 5) is 19.7. The van der Waals surface area contributed by atoms with Crippen molar-refractivity contribution in [2.75, 3.05) is 30.3 Å². The molecule has 1 saturated heterocycles. The van der Waals surface area contributed by atoms with Gasteiger partial charge in [-0.05, 0) is 55.0 Å². The number of rotatable bonds is 7. The van der Waals surface area contributed by atoms with Crippen molar-refractivity contribution >= 4 is 33.4 Å². The SMILES string of the molecule is O=C(CSc1nccn1Cc1ccccc1)N1CCCc2cc(S(=O)(=O)N3CCCC3)ccc21. The number of aromatic nitrogens is 2. The van der Waals surface area contributed by atoms with Gasteiger partial charge in [-0.2, -0.15) is 4.31 Å². The molecule has 0 radical (unpaired) electrons. The van der Waals surface area contributed by atoms with Gasteiger partial charge in [0.25, 0.3) is 0 Å². The van der Waals surface area contributed by atoms with Gasteiger partial charge in [0.1, 0.15) is 0 Å². The molecular weight excluding hydrogens is 468 g/mol. The Morgan fingerprint density at radius 1 is 1.00 bits per heavy atom. The fourth-order valence-corrected chi connectivity index (χ4v) is 7.01. The highest BCUT2D eigenvalue weighted by atomic mass is 32.2. The number of fused-ring (bicyclic) bond motifs is 1. The molecule has 9 heteroatoms. The van der Waals surface area contributed by atoms with Gasteiger partial charge in [0.15, 0.2) is 5.16 Å². The maximum absolute atomic E-state index is 13.2. The van der Waals surface area contributed by atoms with E-state index in [4.69, 9.17) is 0 Å². The smallest absolute Gasteiger partial charge is 0.243 e. The summed E-state index contributed by atoms with van der Waals surface area (Å²) < 4.78 is 29.5. The third-order valence-corrected chi connectivity index (χ3v) is 9.26. The highest BCUT2D eigenvalue weighted by Crippen LogP contribution is 2.32. The van der Waals surface area contributed by atoms with Crippen LogP contribution in [-0.2, 0) is 27.8 Å². The van der Waals surface area contributed by atoms with Gasteiger partial charge >= 0.3 is 0 Å². The number of nitrogens with zero attached hydrogens (tertiary/aromatic N) is 4. The van der Waals surface area contributed by atoms with E-state index in [1.165, 1.54) is 17.3 Å². The number of carbonyl (C=O) groups is 1. The number of hydrogen-bond acceptors (Lipinski definition) is 5. The van der Waals surface area contributed by atoms with E-state index in [-0.39, 0.29) is 11.7 Å². The molecule has 3 heterocycles. The number of benzene rings is 2. The lowest BCUT2D eigenvalue weighted by atomic mass is 10.0. The second-order valence-electron chi connectivity index (χ2n) is 8.66. The van der Waals surface area contributed by atoms with Crippen LogP contribution in [0.15, 0.2) is 71.0 Å². The van der Waals surface area contributed by atoms with Gasteiger partial charge < -0.3 is 9.47 Å². The Kier molecular flexibility index (Phi) is 6.76. The Hall–Kier alpha value is -2.62. The average Bonchev–Trinajstić information content (AvgIpc) is 3.55. The van der Waals surface area contributed by atoms with Gasteiger partial charge in [0.05, 0.1) is 10.6 Å². The second-order valence-corrected chi connectivity index (χ2v) is 11.5. The maximum atomic E-state index is 13.2. The highest BCUT2D eigenvalue weighted by molar-refractivity contribution is 7.99. The minimum atomic E-state index is -3.47. The molecule has 2 aliphatic rings. The van der Waals surface area contributed by atoms with Gasteiger partial charge in [0, 0.05) is 44.3 Å². The molecule has 0 bridgehead atoms. The van der Waals surface area contributed by atoms with E-state index in [1.807, 2.05) is 29.0 Å². The Morgan fingerprint density at radius 2 is 1.79 bits per heavy atom. The lowest BCUT2D eigenvalue weighted by Gasteiger charge is -2.30. The lowest BCUT2D eigenvalue weighted by molar-refractivity contribution is -0.116. The van der Waals surface area contributed by atoms with Crippen LogP contribution in [0.25, 0.3) is 0 Å². The van der Waals surface area contributed by atoms with E-state index in [1.54, 1.807) is 33.6 Å². The van der Waals surface area contributed by atoms with Crippen LogP contribution in [0, 0.1) is 0 Å². The van der Waals surface area contributed by atoms with Crippen molar-refractivity contribution in [2.45, 2.75) is 42.3 Å². The van der Waals surface area contributed by atoms with E-state index in [2.05, 4.69) is 17.1 Å². The van der Waals surface area contributed by atoms with E-state index in [0.29, 0.717) is 31.1 Å². The summed E-state index contributed by atoms with van der Waals surface area (Å²) in [5.74, 6) is 0.286. The zero-order valence-corrected chi connectivity index (χ0v) is 20.6. The zero-order valence-electron chi connectivity index (χ0n) is 19.0. The quantitative estimate of drug-likeness (QED) is 0.465. The number of thioether (sulfide) groups is 1. The topological polar surface area (TPSA) is 75.5 Å². The van der Waals surface area contributed by atoms with E-state index in [9.17, 15) is 13.2 Å². The van der Waals surface area contributed by atoms with Crippen molar-refractivity contribution in [1.29, 1.82) is 0 Å². The number of carbonyl (C=O) groups excluding carboxylic acids is 1. The fraction of sp³-hybridized carbons (Fsp3) is 0.360. The summed E-state index contributed by atoms with van der Waals surface area (Å²) in [5, 5.41) is 0.807. The van der Waals surface area contributed by atoms with Crippen LogP contribution in [0.2, 0.25) is 0 Å². The van der Waals surface area contributed by atoms with Gasteiger partial charge in [-0.25, -0.2) is 13.4 Å². The second kappa shape index (κ2) is 9.93. The molecule has 0 unspecified atom stereocenters. The predicted octanol–water partition coefficient (Wildman–Crippen LogP) is 3.79. The van der Waals surface area contributed by atoms with Gasteiger partial charge in [-0.15, -0.1) is 0 Å². The molecular formula is C25H28N4O3S2. The first-order chi connectivity index (χ1) is 16.5. The molecule has 5 rings (SSSR count). The Labute approximate surface area is 204 Å². The van der Waals surface area contributed by atoms with E-state index >= 15 is 0 Å². The van der Waals surface area contributed by atoms with E-state index in [0.717, 1.165) is 42.1 Å². The van der Waals surface area contributed by atoms with Crippen LogP contribution in [0.4, 0.5) is 5.69 Å². The van der Waals surface area contributed by atoms with Crippen molar-refractivity contribution in [1.82, 2.24) is 13.9 Å². The summed E-state index contributed by atoms with van der Waals surface area (Å²) >= 11 is 1.43. The number of sulfonamides is 1. The van der Waals surface area contributed by atoms with Gasteiger partial charge in [0.2, 0.25) is 15.9 Å². The molecule has 0 atom stereocenters. The molecule has 0 saturated carbocycles. The Balaban J connectivity index is 1.28. The van der Waals surface area contributed by atoms with Crippen LogP contribution in [0.3, 0.4) is 0 Å². The number of anilines is 1. The molecule has 2 aromatic carbocycles. The molecule has 34 heavy (non-hydrogen) atoms. The summed E-state index contributed by atoms with van der Waals surface area (Å²) in [5.41, 5.74) is 2.93. The number of aryl methyl sites for hydroxylation is 1. The first kappa shape index (κ1) is 23.1. The summed E-state index contributed by atoms with van der Waals surface area (Å²) in [7, 11) is -3.47. The lowest BCUT2D eigenvalue weighted by Crippen LogP contribution is -2.37. The molecule has 2 aliphatic heterocycles. The molecule has 0 aliphatic carbocycles. The fourth-order valence-electron chi connectivity index (χ4n) is 4.61. The number of hydrogen-bond donors (Lipinski definition) is 0. The van der Waals surface area contributed by atoms with Crippen molar-refractivity contribution < 1.29 is 13.2 Å². The minimum Gasteiger partial charge on any atom is -0.322 e. The minimum absolute atomic E-state index is 0.00959. The molecule has 1 fully saturated rings. The monoisotopic (exact) mass is 496 g/mol. The third-order valence-electron chi connectivity index (χ3n) is 6.37. The molecule has 3 aromatic rings. The van der Waals surface area contributed by atoms with Crippen molar-refractivity contribution in [3.8, 4) is 0 Å². The maximum Gasteiger partial charge on any atom is 0.243 e. The standard InChI is InChI=1S/C25H28N4O3S2/c30-24(19-33-25-26-12-16-27(25)18-20-7-2-1-3-8-20)29-15-6-9-21-17-22(10-11-23(21)29)34(31,32)28-13-4-5-14-28/h1-3,7-8,10-12,16-17H,4-6,9,13-15,18-19H2. The van der Waals surface area contributed by atoms with Crippen LogP contribution >= 0.6 is 11.8 Å². The number of amides is 1. The van der Waals surface area contributed by atoms with Gasteiger partial charge in [-0.3, -0.25) is 4.79 Å². The normalized spacial score (nSPS) is 16.5. The van der Waals surface area contributed by atoms with E-state index < -0.39 is 10.0 Å². The van der Waals surface area contributed by atoms with Crippen molar-refractivity contribution in [3.63, 3.8) is 0 Å².